The molecule has 0 radical (unpaired) electrons. The van der Waals surface area contributed by atoms with Gasteiger partial charge in [0.1, 0.15) is 5.82 Å². The smallest absolute Gasteiger partial charge is 0.411 e. The Balaban J connectivity index is 2.37. The number of ether oxygens (including phenoxy) is 3. The quantitative estimate of drug-likeness (QED) is 0.458. The minimum absolute atomic E-state index is 0.0227. The van der Waals surface area contributed by atoms with E-state index < -0.39 is 12.1 Å². The Labute approximate surface area is 176 Å². The second kappa shape index (κ2) is 8.61. The molecule has 3 aromatic rings. The normalized spacial score (nSPS) is 10.5. The Hall–Kier alpha value is -4.28. The van der Waals surface area contributed by atoms with Gasteiger partial charge in [-0.15, -0.1) is 0 Å². The number of aromatic nitrogens is 2. The molecule has 1 amide bonds. The molecule has 11 heteroatoms. The molecule has 0 aliphatic carbocycles. The summed E-state index contributed by atoms with van der Waals surface area (Å²) in [6, 6.07) is 6.20. The first-order valence-electron chi connectivity index (χ1n) is 9.09. The molecular formula is C20H21N5O6. The number of anilines is 3. The fourth-order valence-electron chi connectivity index (χ4n) is 3.16. The molecule has 0 bridgehead atoms. The van der Waals surface area contributed by atoms with Gasteiger partial charge in [-0.2, -0.15) is 4.98 Å². The van der Waals surface area contributed by atoms with Gasteiger partial charge in [0.05, 0.1) is 43.2 Å². The molecule has 0 fully saturated rings. The number of nitrogens with two attached hydrogens (primary N) is 2. The number of carbonyl (C=O) groups excluding carboxylic acids is 1. The third-order valence-electron chi connectivity index (χ3n) is 4.43. The maximum absolute atomic E-state index is 12.2. The van der Waals surface area contributed by atoms with Gasteiger partial charge in [0.15, 0.2) is 11.5 Å². The zero-order valence-electron chi connectivity index (χ0n) is 17.1. The fraction of sp³-hybridized carbons (Fsp3) is 0.200. The minimum atomic E-state index is -1.29. The van der Waals surface area contributed by atoms with Crippen LogP contribution in [-0.2, 0) is 4.74 Å². The highest BCUT2D eigenvalue weighted by Gasteiger charge is 2.26. The fourth-order valence-corrected chi connectivity index (χ4v) is 3.16. The number of hydrogen-bond donors (Lipinski definition) is 4. The second-order valence-electron chi connectivity index (χ2n) is 6.26. The highest BCUT2D eigenvalue weighted by molar-refractivity contribution is 6.07. The standard InChI is InChI=1S/C20H21N5O6/c1-4-31-20(28)24-15-11(18(26)27)8-13(29-2)16(30-3)14(15)9-5-6-12-10(7-9)17(21)25-19(22)23-12/h5-8H,4H2,1-3H3,(H,24,28)(H,26,27)(H4,21,22,23,25). The number of nitrogens with zero attached hydrogens (tertiary/aromatic N) is 2. The first kappa shape index (κ1) is 21.4. The third kappa shape index (κ3) is 4.06. The number of carboxylic acids is 1. The van der Waals surface area contributed by atoms with Crippen molar-refractivity contribution in [3.63, 3.8) is 0 Å². The maximum atomic E-state index is 12.2. The number of carbonyl (C=O) groups is 2. The van der Waals surface area contributed by atoms with E-state index in [2.05, 4.69) is 15.3 Å². The van der Waals surface area contributed by atoms with Gasteiger partial charge in [0, 0.05) is 11.5 Å². The molecule has 162 valence electrons. The van der Waals surface area contributed by atoms with Crippen LogP contribution in [0, 0.1) is 0 Å². The van der Waals surface area contributed by atoms with E-state index in [1.807, 2.05) is 0 Å². The Kier molecular flexibility index (Phi) is 5.95. The average Bonchev–Trinajstić information content (AvgIpc) is 2.72. The summed E-state index contributed by atoms with van der Waals surface area (Å²) < 4.78 is 15.8. The number of hydrogen-bond acceptors (Lipinski definition) is 9. The van der Waals surface area contributed by atoms with E-state index in [-0.39, 0.29) is 46.7 Å². The number of nitrogens with one attached hydrogen (secondary N) is 1. The lowest BCUT2D eigenvalue weighted by atomic mass is 9.96. The van der Waals surface area contributed by atoms with E-state index in [1.54, 1.807) is 25.1 Å². The largest absolute Gasteiger partial charge is 0.493 e. The molecular weight excluding hydrogens is 406 g/mol. The predicted molar refractivity (Wildman–Crippen MR) is 115 cm³/mol. The topological polar surface area (TPSA) is 172 Å². The summed E-state index contributed by atoms with van der Waals surface area (Å²) >= 11 is 0. The number of rotatable bonds is 6. The summed E-state index contributed by atoms with van der Waals surface area (Å²) in [7, 11) is 2.77. The van der Waals surface area contributed by atoms with Crippen LogP contribution < -0.4 is 26.3 Å². The molecule has 1 aromatic heterocycles. The van der Waals surface area contributed by atoms with Crippen molar-refractivity contribution in [3.05, 3.63) is 29.8 Å². The van der Waals surface area contributed by atoms with Crippen LogP contribution in [0.3, 0.4) is 0 Å². The first-order valence-corrected chi connectivity index (χ1v) is 9.09. The van der Waals surface area contributed by atoms with Crippen molar-refractivity contribution in [1.29, 1.82) is 0 Å². The monoisotopic (exact) mass is 427 g/mol. The van der Waals surface area contributed by atoms with Gasteiger partial charge in [0.25, 0.3) is 0 Å². The molecule has 2 aromatic carbocycles. The van der Waals surface area contributed by atoms with Crippen molar-refractivity contribution in [2.75, 3.05) is 37.6 Å². The van der Waals surface area contributed by atoms with Crippen LogP contribution in [-0.4, -0.2) is 48.0 Å². The number of carboxylic acid groups (broad SMARTS) is 1. The van der Waals surface area contributed by atoms with E-state index in [9.17, 15) is 14.7 Å². The summed E-state index contributed by atoms with van der Waals surface area (Å²) in [5.74, 6) is -0.760. The van der Waals surface area contributed by atoms with Crippen LogP contribution in [0.15, 0.2) is 24.3 Å². The van der Waals surface area contributed by atoms with E-state index >= 15 is 0 Å². The van der Waals surface area contributed by atoms with E-state index in [1.165, 1.54) is 20.3 Å². The third-order valence-corrected chi connectivity index (χ3v) is 4.43. The van der Waals surface area contributed by atoms with Gasteiger partial charge < -0.3 is 30.8 Å². The number of nitrogen functional groups attached to an aromatic ring is 2. The average molecular weight is 427 g/mol. The SMILES string of the molecule is CCOC(=O)Nc1c(C(=O)O)cc(OC)c(OC)c1-c1ccc2nc(N)nc(N)c2c1. The summed E-state index contributed by atoms with van der Waals surface area (Å²) in [5.41, 5.74) is 12.6. The van der Waals surface area contributed by atoms with Crippen LogP contribution in [0.1, 0.15) is 17.3 Å². The zero-order chi connectivity index (χ0) is 22.7. The Morgan fingerprint density at radius 1 is 1.13 bits per heavy atom. The van der Waals surface area contributed by atoms with E-state index in [0.29, 0.717) is 16.5 Å². The summed E-state index contributed by atoms with van der Waals surface area (Å²) in [6.07, 6.45) is -0.824. The summed E-state index contributed by atoms with van der Waals surface area (Å²) in [6.45, 7) is 1.73. The van der Waals surface area contributed by atoms with Crippen LogP contribution >= 0.6 is 0 Å². The number of amides is 1. The summed E-state index contributed by atoms with van der Waals surface area (Å²) in [5, 5.41) is 12.7. The molecule has 6 N–H and O–H groups in total. The van der Waals surface area contributed by atoms with Gasteiger partial charge >= 0.3 is 12.1 Å². The molecule has 0 aliphatic rings. The lowest BCUT2D eigenvalue weighted by Gasteiger charge is -2.20. The Bertz CT molecular complexity index is 1180. The van der Waals surface area contributed by atoms with Crippen molar-refractivity contribution in [2.45, 2.75) is 6.92 Å². The Morgan fingerprint density at radius 2 is 1.87 bits per heavy atom. The van der Waals surface area contributed by atoms with Crippen LogP contribution in [0.2, 0.25) is 0 Å². The molecule has 0 saturated carbocycles. The molecule has 0 atom stereocenters. The molecule has 31 heavy (non-hydrogen) atoms. The predicted octanol–water partition coefficient (Wildman–Crippen LogP) is 2.75. The molecule has 0 spiro atoms. The van der Waals surface area contributed by atoms with Crippen LogP contribution in [0.4, 0.5) is 22.2 Å². The number of fused-ring (bicyclic) bond motifs is 1. The number of methoxy groups -OCH3 is 2. The number of benzene rings is 2. The first-order chi connectivity index (χ1) is 14.8. The van der Waals surface area contributed by atoms with Crippen molar-refractivity contribution in [1.82, 2.24) is 9.97 Å². The van der Waals surface area contributed by atoms with Crippen molar-refractivity contribution < 1.29 is 28.9 Å². The molecule has 11 nitrogen and oxygen atoms in total. The highest BCUT2D eigenvalue weighted by Crippen LogP contribution is 2.46. The zero-order valence-corrected chi connectivity index (χ0v) is 17.1. The van der Waals surface area contributed by atoms with Gasteiger partial charge in [-0.25, -0.2) is 14.6 Å². The minimum Gasteiger partial charge on any atom is -0.493 e. The number of aromatic carboxylic acids is 1. The molecule has 3 rings (SSSR count). The van der Waals surface area contributed by atoms with Crippen LogP contribution in [0.25, 0.3) is 22.0 Å². The molecule has 0 aliphatic heterocycles. The van der Waals surface area contributed by atoms with Gasteiger partial charge in [0.2, 0.25) is 5.95 Å². The molecule has 1 heterocycles. The lowest BCUT2D eigenvalue weighted by Crippen LogP contribution is -2.17. The highest BCUT2D eigenvalue weighted by atomic mass is 16.5. The van der Waals surface area contributed by atoms with Crippen molar-refractivity contribution in [2.24, 2.45) is 0 Å². The Morgan fingerprint density at radius 3 is 2.48 bits per heavy atom. The molecule has 0 saturated heterocycles. The van der Waals surface area contributed by atoms with Crippen molar-refractivity contribution >= 4 is 40.4 Å². The van der Waals surface area contributed by atoms with Gasteiger partial charge in [-0.05, 0) is 24.6 Å². The second-order valence-corrected chi connectivity index (χ2v) is 6.26. The molecule has 0 unspecified atom stereocenters. The van der Waals surface area contributed by atoms with E-state index in [0.717, 1.165) is 0 Å². The van der Waals surface area contributed by atoms with E-state index in [4.69, 9.17) is 25.7 Å². The van der Waals surface area contributed by atoms with Gasteiger partial charge in [-0.3, -0.25) is 5.32 Å². The maximum Gasteiger partial charge on any atom is 0.411 e. The summed E-state index contributed by atoms with van der Waals surface area (Å²) in [4.78, 5) is 32.2. The lowest BCUT2D eigenvalue weighted by molar-refractivity contribution is 0.0697. The van der Waals surface area contributed by atoms with Crippen LogP contribution in [0.5, 0.6) is 11.5 Å². The van der Waals surface area contributed by atoms with Gasteiger partial charge in [-0.1, -0.05) is 6.07 Å². The van der Waals surface area contributed by atoms with Crippen molar-refractivity contribution in [3.8, 4) is 22.6 Å².